The van der Waals surface area contributed by atoms with Crippen LogP contribution in [0.15, 0.2) is 24.3 Å². The number of benzene rings is 1. The molecule has 0 saturated heterocycles. The van der Waals surface area contributed by atoms with Crippen LogP contribution >= 0.6 is 7.60 Å². The Hall–Kier alpha value is -0.670. The van der Waals surface area contributed by atoms with E-state index in [-0.39, 0.29) is 6.16 Å². The fourth-order valence-corrected chi connectivity index (χ4v) is 2.39. The van der Waals surface area contributed by atoms with Crippen LogP contribution in [0.3, 0.4) is 0 Å². The Labute approximate surface area is 102 Å². The highest BCUT2D eigenvalue weighted by Crippen LogP contribution is 2.35. The molecule has 4 N–H and O–H groups in total. The smallest absolute Gasteiger partial charge is 0.325 e. The summed E-state index contributed by atoms with van der Waals surface area (Å²) in [5, 5.41) is 0. The van der Waals surface area contributed by atoms with Crippen LogP contribution in [-0.4, -0.2) is 22.5 Å². The van der Waals surface area contributed by atoms with E-state index >= 15 is 0 Å². The molecule has 0 atom stereocenters. The summed E-state index contributed by atoms with van der Waals surface area (Å²) >= 11 is 0. The first-order chi connectivity index (χ1) is 8.01. The SMILES string of the molecule is NCCc1cccc(CCCCP(=O)(O)O)c1. The molecule has 0 amide bonds. The summed E-state index contributed by atoms with van der Waals surface area (Å²) in [5.74, 6) is 0. The number of rotatable bonds is 7. The lowest BCUT2D eigenvalue weighted by atomic mass is 10.0. The highest BCUT2D eigenvalue weighted by atomic mass is 31.2. The highest BCUT2D eigenvalue weighted by Gasteiger charge is 2.11. The van der Waals surface area contributed by atoms with Gasteiger partial charge in [0.1, 0.15) is 0 Å². The molecule has 0 aromatic heterocycles. The number of aryl methyl sites for hydroxylation is 1. The van der Waals surface area contributed by atoms with Crippen molar-refractivity contribution in [3.05, 3.63) is 35.4 Å². The molecule has 5 heteroatoms. The normalized spacial score (nSPS) is 11.7. The van der Waals surface area contributed by atoms with Gasteiger partial charge in [0.25, 0.3) is 0 Å². The van der Waals surface area contributed by atoms with E-state index in [1.165, 1.54) is 11.1 Å². The van der Waals surface area contributed by atoms with Gasteiger partial charge in [-0.15, -0.1) is 0 Å². The van der Waals surface area contributed by atoms with Gasteiger partial charge in [0.05, 0.1) is 0 Å². The first kappa shape index (κ1) is 14.4. The van der Waals surface area contributed by atoms with Crippen LogP contribution in [0, 0.1) is 0 Å². The topological polar surface area (TPSA) is 83.6 Å². The Balaban J connectivity index is 2.36. The van der Waals surface area contributed by atoms with E-state index in [1.807, 2.05) is 18.2 Å². The third kappa shape index (κ3) is 6.59. The lowest BCUT2D eigenvalue weighted by Gasteiger charge is -2.05. The summed E-state index contributed by atoms with van der Waals surface area (Å²) in [6, 6.07) is 8.21. The second-order valence-electron chi connectivity index (χ2n) is 4.20. The first-order valence-corrected chi connectivity index (χ1v) is 7.63. The molecule has 0 aliphatic heterocycles. The van der Waals surface area contributed by atoms with Gasteiger partial charge in [-0.05, 0) is 43.4 Å². The molecule has 1 aromatic rings. The summed E-state index contributed by atoms with van der Waals surface area (Å²) in [6.45, 7) is 0.641. The summed E-state index contributed by atoms with van der Waals surface area (Å²) in [5.41, 5.74) is 7.93. The van der Waals surface area contributed by atoms with Crippen LogP contribution in [0.25, 0.3) is 0 Å². The first-order valence-electron chi connectivity index (χ1n) is 5.84. The predicted octanol–water partition coefficient (Wildman–Crippen LogP) is 1.69. The van der Waals surface area contributed by atoms with Crippen LogP contribution < -0.4 is 5.73 Å². The lowest BCUT2D eigenvalue weighted by molar-refractivity contribution is 0.371. The monoisotopic (exact) mass is 257 g/mol. The summed E-state index contributed by atoms with van der Waals surface area (Å²) < 4.78 is 10.7. The van der Waals surface area contributed by atoms with E-state index in [0.29, 0.717) is 13.0 Å². The molecule has 0 unspecified atom stereocenters. The van der Waals surface area contributed by atoms with Gasteiger partial charge in [0, 0.05) is 6.16 Å². The molecule has 1 rings (SSSR count). The van der Waals surface area contributed by atoms with Crippen molar-refractivity contribution in [3.8, 4) is 0 Å². The maximum absolute atomic E-state index is 10.7. The summed E-state index contributed by atoms with van der Waals surface area (Å²) in [4.78, 5) is 17.5. The van der Waals surface area contributed by atoms with E-state index in [1.54, 1.807) is 0 Å². The fraction of sp³-hybridized carbons (Fsp3) is 0.500. The molecule has 0 aliphatic rings. The van der Waals surface area contributed by atoms with Gasteiger partial charge in [-0.1, -0.05) is 24.3 Å². The zero-order chi connectivity index (χ0) is 12.7. The molecular weight excluding hydrogens is 237 g/mol. The van der Waals surface area contributed by atoms with Gasteiger partial charge in [-0.3, -0.25) is 4.57 Å². The highest BCUT2D eigenvalue weighted by molar-refractivity contribution is 7.51. The van der Waals surface area contributed by atoms with Crippen LogP contribution in [0.5, 0.6) is 0 Å². The lowest BCUT2D eigenvalue weighted by Crippen LogP contribution is -2.02. The van der Waals surface area contributed by atoms with E-state index in [0.717, 1.165) is 19.3 Å². The summed E-state index contributed by atoms with van der Waals surface area (Å²) in [6.07, 6.45) is 3.08. The fourth-order valence-electron chi connectivity index (χ4n) is 1.75. The zero-order valence-corrected chi connectivity index (χ0v) is 10.8. The molecule has 0 bridgehead atoms. The Bertz CT molecular complexity index is 389. The van der Waals surface area contributed by atoms with E-state index in [9.17, 15) is 4.57 Å². The zero-order valence-electron chi connectivity index (χ0n) is 9.88. The van der Waals surface area contributed by atoms with Crippen LogP contribution in [0.1, 0.15) is 24.0 Å². The van der Waals surface area contributed by atoms with Gasteiger partial charge < -0.3 is 15.5 Å². The van der Waals surface area contributed by atoms with Crippen molar-refractivity contribution in [2.75, 3.05) is 12.7 Å². The van der Waals surface area contributed by atoms with E-state index in [4.69, 9.17) is 15.5 Å². The van der Waals surface area contributed by atoms with Crippen molar-refractivity contribution in [2.24, 2.45) is 5.73 Å². The maximum atomic E-state index is 10.7. The number of hydrogen-bond donors (Lipinski definition) is 3. The molecule has 0 fully saturated rings. The molecule has 0 spiro atoms. The van der Waals surface area contributed by atoms with Crippen molar-refractivity contribution >= 4 is 7.60 Å². The standard InChI is InChI=1S/C12H20NO3P/c13-8-7-12-6-3-5-11(10-12)4-1-2-9-17(14,15)16/h3,5-6,10H,1-2,4,7-9,13H2,(H2,14,15,16). The average Bonchev–Trinajstić information content (AvgIpc) is 2.24. The van der Waals surface area contributed by atoms with Gasteiger partial charge in [0.15, 0.2) is 0 Å². The van der Waals surface area contributed by atoms with Crippen molar-refractivity contribution in [1.29, 1.82) is 0 Å². The molecule has 0 aliphatic carbocycles. The van der Waals surface area contributed by atoms with Crippen molar-refractivity contribution in [2.45, 2.75) is 25.7 Å². The number of unbranched alkanes of at least 4 members (excludes halogenated alkanes) is 1. The Morgan fingerprint density at radius 2 is 1.76 bits per heavy atom. The van der Waals surface area contributed by atoms with Crippen LogP contribution in [-0.2, 0) is 17.4 Å². The minimum Gasteiger partial charge on any atom is -0.330 e. The average molecular weight is 257 g/mol. The number of nitrogens with two attached hydrogens (primary N) is 1. The van der Waals surface area contributed by atoms with E-state index < -0.39 is 7.60 Å². The van der Waals surface area contributed by atoms with Gasteiger partial charge in [-0.25, -0.2) is 0 Å². The second-order valence-corrected chi connectivity index (χ2v) is 5.98. The quantitative estimate of drug-likeness (QED) is 0.512. The van der Waals surface area contributed by atoms with Gasteiger partial charge in [-0.2, -0.15) is 0 Å². The van der Waals surface area contributed by atoms with Crippen LogP contribution in [0.2, 0.25) is 0 Å². The van der Waals surface area contributed by atoms with Gasteiger partial charge >= 0.3 is 7.60 Å². The van der Waals surface area contributed by atoms with Crippen molar-refractivity contribution in [1.82, 2.24) is 0 Å². The molecule has 4 nitrogen and oxygen atoms in total. The minimum absolute atomic E-state index is 0.0184. The molecule has 17 heavy (non-hydrogen) atoms. The Morgan fingerprint density at radius 3 is 2.35 bits per heavy atom. The molecule has 0 saturated carbocycles. The second kappa shape index (κ2) is 6.92. The molecule has 96 valence electrons. The largest absolute Gasteiger partial charge is 0.330 e. The van der Waals surface area contributed by atoms with E-state index in [2.05, 4.69) is 6.07 Å². The maximum Gasteiger partial charge on any atom is 0.325 e. The van der Waals surface area contributed by atoms with Crippen molar-refractivity contribution in [3.63, 3.8) is 0 Å². The predicted molar refractivity (Wildman–Crippen MR) is 69.0 cm³/mol. The van der Waals surface area contributed by atoms with Crippen molar-refractivity contribution < 1.29 is 14.4 Å². The third-order valence-electron chi connectivity index (χ3n) is 2.59. The molecule has 0 heterocycles. The Kier molecular flexibility index (Phi) is 5.86. The molecular formula is C12H20NO3P. The summed E-state index contributed by atoms with van der Waals surface area (Å²) in [7, 11) is -3.82. The molecule has 0 radical (unpaired) electrons. The molecule has 1 aromatic carbocycles. The minimum atomic E-state index is -3.82. The number of hydrogen-bond acceptors (Lipinski definition) is 2. The Morgan fingerprint density at radius 1 is 1.12 bits per heavy atom. The third-order valence-corrected chi connectivity index (χ3v) is 3.49. The van der Waals surface area contributed by atoms with Crippen LogP contribution in [0.4, 0.5) is 0 Å². The van der Waals surface area contributed by atoms with Gasteiger partial charge in [0.2, 0.25) is 0 Å².